The van der Waals surface area contributed by atoms with Crippen molar-refractivity contribution < 1.29 is 5.11 Å². The normalized spacial score (nSPS) is 16.5. The van der Waals surface area contributed by atoms with Crippen LogP contribution in [0.4, 0.5) is 0 Å². The molecule has 0 aliphatic heterocycles. The summed E-state index contributed by atoms with van der Waals surface area (Å²) in [6.45, 7) is 4.35. The third-order valence-electron chi connectivity index (χ3n) is 2.59. The predicted molar refractivity (Wildman–Crippen MR) is 76.6 cm³/mol. The summed E-state index contributed by atoms with van der Waals surface area (Å²) < 4.78 is 0. The first-order valence-electron chi connectivity index (χ1n) is 5.82. The molecule has 0 aromatic heterocycles. The van der Waals surface area contributed by atoms with Crippen LogP contribution in [0.25, 0.3) is 0 Å². The lowest BCUT2D eigenvalue weighted by Crippen LogP contribution is -2.24. The van der Waals surface area contributed by atoms with Crippen molar-refractivity contribution in [1.29, 1.82) is 0 Å². The molecule has 0 saturated carbocycles. The average molecular weight is 274 g/mol. The Morgan fingerprint density at radius 3 is 2.35 bits per heavy atom. The lowest BCUT2D eigenvalue weighted by atomic mass is 10.1. The summed E-state index contributed by atoms with van der Waals surface area (Å²) in [6, 6.07) is 7.90. The van der Waals surface area contributed by atoms with Crippen LogP contribution in [0.3, 0.4) is 0 Å². The number of nitrogens with two attached hydrogens (primary N) is 1. The van der Waals surface area contributed by atoms with Crippen LogP contribution in [0, 0.1) is 0 Å². The maximum atomic E-state index is 8.93. The van der Waals surface area contributed by atoms with Crippen LogP contribution in [-0.2, 0) is 0 Å². The monoisotopic (exact) mass is 273 g/mol. The summed E-state index contributed by atoms with van der Waals surface area (Å²) >= 11 is 7.69. The number of hydrogen-bond acceptors (Lipinski definition) is 3. The van der Waals surface area contributed by atoms with E-state index < -0.39 is 0 Å². The highest BCUT2D eigenvalue weighted by molar-refractivity contribution is 8.00. The van der Waals surface area contributed by atoms with E-state index >= 15 is 0 Å². The summed E-state index contributed by atoms with van der Waals surface area (Å²) in [7, 11) is 0. The van der Waals surface area contributed by atoms with Gasteiger partial charge >= 0.3 is 0 Å². The molecule has 1 aromatic carbocycles. The molecule has 17 heavy (non-hydrogen) atoms. The van der Waals surface area contributed by atoms with E-state index in [-0.39, 0.29) is 17.9 Å². The van der Waals surface area contributed by atoms with Crippen LogP contribution < -0.4 is 5.73 Å². The van der Waals surface area contributed by atoms with Gasteiger partial charge in [0.1, 0.15) is 0 Å². The minimum absolute atomic E-state index is 0.0716. The molecule has 0 spiro atoms. The Kier molecular flexibility index (Phi) is 6.34. The van der Waals surface area contributed by atoms with Gasteiger partial charge in [0.25, 0.3) is 0 Å². The summed E-state index contributed by atoms with van der Waals surface area (Å²) in [4.78, 5) is 0. The molecule has 0 bridgehead atoms. The van der Waals surface area contributed by atoms with E-state index in [1.807, 2.05) is 43.0 Å². The fourth-order valence-electron chi connectivity index (χ4n) is 1.66. The van der Waals surface area contributed by atoms with Crippen LogP contribution in [0.5, 0.6) is 0 Å². The fourth-order valence-corrected chi connectivity index (χ4v) is 3.09. The zero-order valence-electron chi connectivity index (χ0n) is 10.3. The SMILES string of the molecule is CC(CCO)SC(c1ccc(Cl)cc1)C(C)N. The van der Waals surface area contributed by atoms with Crippen molar-refractivity contribution in [3.05, 3.63) is 34.9 Å². The maximum Gasteiger partial charge on any atom is 0.0448 e. The minimum atomic E-state index is 0.0716. The van der Waals surface area contributed by atoms with Gasteiger partial charge in [0.05, 0.1) is 0 Å². The zero-order chi connectivity index (χ0) is 12.8. The molecule has 0 aliphatic carbocycles. The predicted octanol–water partition coefficient (Wildman–Crippen LogP) is 3.23. The lowest BCUT2D eigenvalue weighted by Gasteiger charge is -2.24. The molecule has 0 fully saturated rings. The third-order valence-corrected chi connectivity index (χ3v) is 4.54. The first-order valence-corrected chi connectivity index (χ1v) is 7.14. The smallest absolute Gasteiger partial charge is 0.0448 e. The third kappa shape index (κ3) is 4.88. The summed E-state index contributed by atoms with van der Waals surface area (Å²) in [6.07, 6.45) is 0.793. The summed E-state index contributed by atoms with van der Waals surface area (Å²) in [5.41, 5.74) is 7.23. The second-order valence-electron chi connectivity index (χ2n) is 4.29. The van der Waals surface area contributed by atoms with Crippen LogP contribution in [0.2, 0.25) is 5.02 Å². The van der Waals surface area contributed by atoms with Gasteiger partial charge in [0.2, 0.25) is 0 Å². The quantitative estimate of drug-likeness (QED) is 0.837. The highest BCUT2D eigenvalue weighted by Crippen LogP contribution is 2.35. The first-order chi connectivity index (χ1) is 8.04. The average Bonchev–Trinajstić information content (AvgIpc) is 2.27. The number of aliphatic hydroxyl groups is 1. The van der Waals surface area contributed by atoms with Crippen LogP contribution in [-0.4, -0.2) is 23.0 Å². The van der Waals surface area contributed by atoms with E-state index in [1.165, 1.54) is 5.56 Å². The fraction of sp³-hybridized carbons (Fsp3) is 0.538. The van der Waals surface area contributed by atoms with Crippen LogP contribution >= 0.6 is 23.4 Å². The molecule has 0 radical (unpaired) electrons. The van der Waals surface area contributed by atoms with Gasteiger partial charge < -0.3 is 10.8 Å². The molecule has 3 N–H and O–H groups in total. The molecule has 3 unspecified atom stereocenters. The van der Waals surface area contributed by atoms with Gasteiger partial charge in [-0.3, -0.25) is 0 Å². The Labute approximate surface area is 113 Å². The molecule has 0 amide bonds. The van der Waals surface area contributed by atoms with Crippen molar-refractivity contribution in [3.63, 3.8) is 0 Å². The zero-order valence-corrected chi connectivity index (χ0v) is 11.8. The first kappa shape index (κ1) is 14.8. The number of hydrogen-bond donors (Lipinski definition) is 2. The molecular weight excluding hydrogens is 254 g/mol. The number of rotatable bonds is 6. The van der Waals surface area contributed by atoms with Crippen LogP contribution in [0.15, 0.2) is 24.3 Å². The van der Waals surface area contributed by atoms with Gasteiger partial charge in [-0.25, -0.2) is 0 Å². The Bertz CT molecular complexity index is 329. The molecular formula is C13H20ClNOS. The van der Waals surface area contributed by atoms with Gasteiger partial charge in [-0.05, 0) is 31.0 Å². The molecule has 3 atom stereocenters. The maximum absolute atomic E-state index is 8.93. The molecule has 0 heterocycles. The van der Waals surface area contributed by atoms with Crippen molar-refractivity contribution in [3.8, 4) is 0 Å². The Balaban J connectivity index is 2.75. The Morgan fingerprint density at radius 2 is 1.88 bits per heavy atom. The largest absolute Gasteiger partial charge is 0.396 e. The lowest BCUT2D eigenvalue weighted by molar-refractivity contribution is 0.288. The molecule has 96 valence electrons. The van der Waals surface area contributed by atoms with Gasteiger partial charge in [-0.1, -0.05) is 30.7 Å². The number of benzene rings is 1. The second-order valence-corrected chi connectivity index (χ2v) is 6.31. The highest BCUT2D eigenvalue weighted by atomic mass is 35.5. The van der Waals surface area contributed by atoms with Crippen molar-refractivity contribution in [2.24, 2.45) is 5.73 Å². The highest BCUT2D eigenvalue weighted by Gasteiger charge is 2.19. The second kappa shape index (κ2) is 7.27. The van der Waals surface area contributed by atoms with Crippen molar-refractivity contribution >= 4 is 23.4 Å². The molecule has 1 aromatic rings. The van der Waals surface area contributed by atoms with Gasteiger partial charge in [0.15, 0.2) is 0 Å². The molecule has 0 saturated heterocycles. The van der Waals surface area contributed by atoms with E-state index in [0.29, 0.717) is 5.25 Å². The topological polar surface area (TPSA) is 46.2 Å². The van der Waals surface area contributed by atoms with Gasteiger partial charge in [0, 0.05) is 28.2 Å². The van der Waals surface area contributed by atoms with Crippen molar-refractivity contribution in [2.45, 2.75) is 36.8 Å². The van der Waals surface area contributed by atoms with Gasteiger partial charge in [-0.15, -0.1) is 11.8 Å². The van der Waals surface area contributed by atoms with E-state index in [0.717, 1.165) is 11.4 Å². The standard InChI is InChI=1S/C13H20ClNOS/c1-9(7-8-16)17-13(10(2)15)11-3-5-12(14)6-4-11/h3-6,9-10,13,16H,7-8,15H2,1-2H3. The summed E-state index contributed by atoms with van der Waals surface area (Å²) in [5.74, 6) is 0. The summed E-state index contributed by atoms with van der Waals surface area (Å²) in [5, 5.41) is 10.3. The molecule has 2 nitrogen and oxygen atoms in total. The number of aliphatic hydroxyl groups excluding tert-OH is 1. The Morgan fingerprint density at radius 1 is 1.29 bits per heavy atom. The molecule has 4 heteroatoms. The Hall–Kier alpha value is -0.220. The van der Waals surface area contributed by atoms with Crippen molar-refractivity contribution in [2.75, 3.05) is 6.61 Å². The van der Waals surface area contributed by atoms with Crippen LogP contribution in [0.1, 0.15) is 31.1 Å². The van der Waals surface area contributed by atoms with E-state index in [9.17, 15) is 0 Å². The van der Waals surface area contributed by atoms with E-state index in [1.54, 1.807) is 0 Å². The van der Waals surface area contributed by atoms with E-state index in [2.05, 4.69) is 6.92 Å². The minimum Gasteiger partial charge on any atom is -0.396 e. The number of thioether (sulfide) groups is 1. The molecule has 1 rings (SSSR count). The van der Waals surface area contributed by atoms with E-state index in [4.69, 9.17) is 22.4 Å². The molecule has 0 aliphatic rings. The van der Waals surface area contributed by atoms with Gasteiger partial charge in [-0.2, -0.15) is 0 Å². The van der Waals surface area contributed by atoms with Crippen molar-refractivity contribution in [1.82, 2.24) is 0 Å². The number of halogens is 1.